The number of hydrogen-bond acceptors (Lipinski definition) is 4. The molecule has 0 fully saturated rings. The van der Waals surface area contributed by atoms with Gasteiger partial charge >= 0.3 is 0 Å². The highest BCUT2D eigenvalue weighted by molar-refractivity contribution is 6.35. The van der Waals surface area contributed by atoms with Gasteiger partial charge in [-0.05, 0) is 24.3 Å². The van der Waals surface area contributed by atoms with Crippen LogP contribution < -0.4 is 10.6 Å². The Balaban J connectivity index is 1.71. The minimum atomic E-state index is -0.448. The maximum atomic E-state index is 13.6. The number of halogens is 3. The molecule has 5 nitrogen and oxygen atoms in total. The van der Waals surface area contributed by atoms with E-state index < -0.39 is 5.91 Å². The van der Waals surface area contributed by atoms with Gasteiger partial charge in [-0.3, -0.25) is 4.79 Å². The van der Waals surface area contributed by atoms with Crippen LogP contribution in [0.2, 0.25) is 10.0 Å². The monoisotopic (exact) mass is 390 g/mol. The Labute approximate surface area is 159 Å². The second-order valence-electron chi connectivity index (χ2n) is 5.31. The van der Waals surface area contributed by atoms with E-state index in [2.05, 4.69) is 20.6 Å². The molecule has 0 unspecified atom stereocenters. The lowest BCUT2D eigenvalue weighted by Crippen LogP contribution is -2.24. The molecule has 3 rings (SSSR count). The summed E-state index contributed by atoms with van der Waals surface area (Å²) < 4.78 is 13.6. The van der Waals surface area contributed by atoms with Crippen LogP contribution in [0.3, 0.4) is 0 Å². The first kappa shape index (κ1) is 18.1. The fourth-order valence-electron chi connectivity index (χ4n) is 2.19. The van der Waals surface area contributed by atoms with Crippen molar-refractivity contribution in [2.75, 3.05) is 5.32 Å². The number of nitrogens with zero attached hydrogens (tertiary/aromatic N) is 2. The number of rotatable bonds is 5. The summed E-state index contributed by atoms with van der Waals surface area (Å²) in [4.78, 5) is 20.3. The van der Waals surface area contributed by atoms with Gasteiger partial charge in [0, 0.05) is 23.2 Å². The largest absolute Gasteiger partial charge is 0.347 e. The fraction of sp³-hybridized carbons (Fsp3) is 0.0556. The lowest BCUT2D eigenvalue weighted by atomic mass is 10.2. The number of benzene rings is 2. The normalized spacial score (nSPS) is 10.4. The molecular weight excluding hydrogens is 378 g/mol. The summed E-state index contributed by atoms with van der Waals surface area (Å²) in [7, 11) is 0. The van der Waals surface area contributed by atoms with Crippen LogP contribution in [-0.2, 0) is 6.54 Å². The Kier molecular flexibility index (Phi) is 5.65. The smallest absolute Gasteiger partial charge is 0.270 e. The van der Waals surface area contributed by atoms with Gasteiger partial charge < -0.3 is 10.6 Å². The number of carbonyl (C=O) groups is 1. The van der Waals surface area contributed by atoms with Crippen molar-refractivity contribution in [3.63, 3.8) is 0 Å². The minimum absolute atomic E-state index is 0.0540. The van der Waals surface area contributed by atoms with Crippen molar-refractivity contribution >= 4 is 40.6 Å². The van der Waals surface area contributed by atoms with E-state index in [0.29, 0.717) is 27.1 Å². The second kappa shape index (κ2) is 8.12. The Morgan fingerprint density at radius 2 is 1.88 bits per heavy atom. The molecule has 0 aliphatic rings. The van der Waals surface area contributed by atoms with E-state index in [4.69, 9.17) is 23.2 Å². The summed E-state index contributed by atoms with van der Waals surface area (Å²) in [6.45, 7) is 0.0540. The molecule has 0 bridgehead atoms. The van der Waals surface area contributed by atoms with E-state index in [1.807, 2.05) is 0 Å². The van der Waals surface area contributed by atoms with E-state index in [0.717, 1.165) is 0 Å². The van der Waals surface area contributed by atoms with Gasteiger partial charge in [-0.1, -0.05) is 41.4 Å². The van der Waals surface area contributed by atoms with Crippen molar-refractivity contribution in [1.82, 2.24) is 15.3 Å². The highest BCUT2D eigenvalue weighted by atomic mass is 35.5. The van der Waals surface area contributed by atoms with Crippen molar-refractivity contribution in [3.8, 4) is 0 Å². The van der Waals surface area contributed by atoms with Crippen LogP contribution in [0.5, 0.6) is 0 Å². The predicted octanol–water partition coefficient (Wildman–Crippen LogP) is 4.60. The van der Waals surface area contributed by atoms with Gasteiger partial charge in [-0.15, -0.1) is 0 Å². The zero-order valence-electron chi connectivity index (χ0n) is 13.3. The number of anilines is 2. The number of hydrogen-bond donors (Lipinski definition) is 2. The van der Waals surface area contributed by atoms with Crippen LogP contribution in [0.1, 0.15) is 16.1 Å². The molecule has 0 atom stereocenters. The summed E-state index contributed by atoms with van der Waals surface area (Å²) in [5.41, 5.74) is 1.08. The van der Waals surface area contributed by atoms with Gasteiger partial charge in [0.15, 0.2) is 0 Å². The Bertz CT molecular complexity index is 952. The third-order valence-corrected chi connectivity index (χ3v) is 4.05. The molecule has 0 saturated heterocycles. The summed E-state index contributed by atoms with van der Waals surface area (Å²) >= 11 is 12.1. The van der Waals surface area contributed by atoms with Gasteiger partial charge in [0.2, 0.25) is 0 Å². The van der Waals surface area contributed by atoms with Gasteiger partial charge in [0.1, 0.15) is 23.7 Å². The van der Waals surface area contributed by atoms with E-state index in [1.54, 1.807) is 36.4 Å². The van der Waals surface area contributed by atoms with Crippen LogP contribution >= 0.6 is 23.2 Å². The van der Waals surface area contributed by atoms with E-state index >= 15 is 0 Å². The predicted molar refractivity (Wildman–Crippen MR) is 99.3 cm³/mol. The first-order chi connectivity index (χ1) is 12.5. The summed E-state index contributed by atoms with van der Waals surface area (Å²) in [6, 6.07) is 12.6. The van der Waals surface area contributed by atoms with Crippen LogP contribution in [0.15, 0.2) is 54.9 Å². The van der Waals surface area contributed by atoms with Gasteiger partial charge in [0.25, 0.3) is 5.91 Å². The van der Waals surface area contributed by atoms with E-state index in [1.165, 1.54) is 18.5 Å². The third-order valence-electron chi connectivity index (χ3n) is 3.49. The Morgan fingerprint density at radius 3 is 2.69 bits per heavy atom. The maximum absolute atomic E-state index is 13.6. The molecule has 0 saturated carbocycles. The van der Waals surface area contributed by atoms with Crippen LogP contribution in [0, 0.1) is 5.82 Å². The summed E-state index contributed by atoms with van der Waals surface area (Å²) in [5, 5.41) is 6.57. The molecule has 8 heteroatoms. The first-order valence-corrected chi connectivity index (χ1v) is 8.34. The number of carbonyl (C=O) groups excluding carboxylic acids is 1. The topological polar surface area (TPSA) is 66.9 Å². The molecule has 0 radical (unpaired) electrons. The van der Waals surface area contributed by atoms with Crippen molar-refractivity contribution in [2.24, 2.45) is 0 Å². The standard InChI is InChI=1S/C18H13Cl2FN4O/c19-12-5-6-13(20)15(7-12)25-17-8-16(23-10-24-17)18(26)22-9-11-3-1-2-4-14(11)21/h1-8,10H,9H2,(H,22,26)(H,23,24,25). The Hall–Kier alpha value is -2.70. The number of aromatic nitrogens is 2. The molecule has 0 spiro atoms. The summed E-state index contributed by atoms with van der Waals surface area (Å²) in [6.07, 6.45) is 1.25. The van der Waals surface area contributed by atoms with Gasteiger partial charge in [0.05, 0.1) is 10.7 Å². The van der Waals surface area contributed by atoms with Crippen LogP contribution in [0.25, 0.3) is 0 Å². The quantitative estimate of drug-likeness (QED) is 0.668. The average molecular weight is 391 g/mol. The summed E-state index contributed by atoms with van der Waals surface area (Å²) in [5.74, 6) is -0.454. The highest BCUT2D eigenvalue weighted by Gasteiger charge is 2.11. The Morgan fingerprint density at radius 1 is 1.08 bits per heavy atom. The third kappa shape index (κ3) is 4.47. The molecule has 1 heterocycles. The van der Waals surface area contributed by atoms with Gasteiger partial charge in [-0.2, -0.15) is 0 Å². The lowest BCUT2D eigenvalue weighted by molar-refractivity contribution is 0.0945. The zero-order valence-corrected chi connectivity index (χ0v) is 14.9. The number of amides is 1. The zero-order chi connectivity index (χ0) is 18.5. The van der Waals surface area contributed by atoms with Crippen molar-refractivity contribution in [2.45, 2.75) is 6.54 Å². The van der Waals surface area contributed by atoms with E-state index in [-0.39, 0.29) is 18.1 Å². The minimum Gasteiger partial charge on any atom is -0.347 e. The average Bonchev–Trinajstić information content (AvgIpc) is 2.64. The van der Waals surface area contributed by atoms with Crippen LogP contribution in [0.4, 0.5) is 15.9 Å². The molecule has 0 aliphatic heterocycles. The van der Waals surface area contributed by atoms with Crippen molar-refractivity contribution in [3.05, 3.63) is 82.0 Å². The van der Waals surface area contributed by atoms with E-state index in [9.17, 15) is 9.18 Å². The second-order valence-corrected chi connectivity index (χ2v) is 6.16. The molecular formula is C18H13Cl2FN4O. The maximum Gasteiger partial charge on any atom is 0.270 e. The lowest BCUT2D eigenvalue weighted by Gasteiger charge is -2.09. The molecule has 132 valence electrons. The molecule has 1 aromatic heterocycles. The fourth-order valence-corrected chi connectivity index (χ4v) is 2.53. The van der Waals surface area contributed by atoms with Crippen molar-refractivity contribution in [1.29, 1.82) is 0 Å². The first-order valence-electron chi connectivity index (χ1n) is 7.58. The molecule has 2 N–H and O–H groups in total. The molecule has 26 heavy (non-hydrogen) atoms. The number of nitrogens with one attached hydrogen (secondary N) is 2. The molecule has 1 amide bonds. The molecule has 2 aromatic carbocycles. The van der Waals surface area contributed by atoms with Crippen molar-refractivity contribution < 1.29 is 9.18 Å². The van der Waals surface area contributed by atoms with Gasteiger partial charge in [-0.25, -0.2) is 14.4 Å². The SMILES string of the molecule is O=C(NCc1ccccc1F)c1cc(Nc2cc(Cl)ccc2Cl)ncn1. The van der Waals surface area contributed by atoms with Crippen LogP contribution in [-0.4, -0.2) is 15.9 Å². The molecule has 0 aliphatic carbocycles. The molecule has 3 aromatic rings. The highest BCUT2D eigenvalue weighted by Crippen LogP contribution is 2.27.